The Bertz CT molecular complexity index is 1140. The summed E-state index contributed by atoms with van der Waals surface area (Å²) in [6, 6.07) is 5.61. The first-order valence-corrected chi connectivity index (χ1v) is 10.1. The highest BCUT2D eigenvalue weighted by molar-refractivity contribution is 5.82. The Balaban J connectivity index is 1.45. The summed E-state index contributed by atoms with van der Waals surface area (Å²) < 4.78 is 30.1. The maximum Gasteiger partial charge on any atom is 0.347 e. The molecule has 2 aromatic heterocycles. The van der Waals surface area contributed by atoms with E-state index in [2.05, 4.69) is 16.2 Å². The number of aromatic nitrogens is 3. The van der Waals surface area contributed by atoms with Crippen LogP contribution in [0.2, 0.25) is 0 Å². The van der Waals surface area contributed by atoms with Crippen molar-refractivity contribution in [2.24, 2.45) is 0 Å². The van der Waals surface area contributed by atoms with E-state index in [1.54, 1.807) is 30.5 Å². The van der Waals surface area contributed by atoms with Crippen LogP contribution in [-0.2, 0) is 33.3 Å². The maximum atomic E-state index is 12.4. The third kappa shape index (κ3) is 3.17. The van der Waals surface area contributed by atoms with Crippen LogP contribution in [0.15, 0.2) is 18.5 Å². The minimum absolute atomic E-state index is 0.143. The lowest BCUT2D eigenvalue weighted by atomic mass is 9.96. The zero-order valence-corrected chi connectivity index (χ0v) is 17.4. The van der Waals surface area contributed by atoms with E-state index in [0.717, 1.165) is 0 Å². The van der Waals surface area contributed by atoms with E-state index in [0.29, 0.717) is 11.2 Å². The summed E-state index contributed by atoms with van der Waals surface area (Å²) in [5, 5.41) is 14.3. The van der Waals surface area contributed by atoms with E-state index >= 15 is 0 Å². The molecule has 3 aliphatic heterocycles. The molecule has 3 saturated heterocycles. The minimum Gasteiger partial charge on any atom is -0.459 e. The topological polar surface area (TPSA) is 160 Å². The number of cyclic esters (lactones) is 1. The Labute approximate surface area is 182 Å². The number of nitrogens with two attached hydrogens (primary N) is 1. The Kier molecular flexibility index (Phi) is 4.59. The fraction of sp³-hybridized carbons (Fsp3) is 0.550. The molecule has 0 bridgehead atoms. The normalized spacial score (nSPS) is 33.1. The van der Waals surface area contributed by atoms with Crippen molar-refractivity contribution in [2.75, 3.05) is 12.3 Å². The molecular formula is C20H21N5O7. The number of ether oxygens (including phenoxy) is 5. The van der Waals surface area contributed by atoms with Crippen LogP contribution in [-0.4, -0.2) is 62.8 Å². The zero-order chi connectivity index (χ0) is 22.7. The second kappa shape index (κ2) is 7.13. The van der Waals surface area contributed by atoms with Gasteiger partial charge in [0.2, 0.25) is 5.60 Å². The Hall–Kier alpha value is -3.27. The quantitative estimate of drug-likeness (QED) is 0.652. The number of carbonyl (C=O) groups is 2. The number of nitriles is 1. The highest BCUT2D eigenvalue weighted by atomic mass is 16.8. The molecule has 0 amide bonds. The number of hydrogen-bond donors (Lipinski definition) is 1. The number of nitrogen functional groups attached to an aromatic ring is 1. The molecule has 3 fully saturated rings. The van der Waals surface area contributed by atoms with Gasteiger partial charge in [0.25, 0.3) is 0 Å². The number of fused-ring (bicyclic) bond motifs is 2. The predicted molar refractivity (Wildman–Crippen MR) is 103 cm³/mol. The van der Waals surface area contributed by atoms with Crippen LogP contribution >= 0.6 is 0 Å². The van der Waals surface area contributed by atoms with Crippen LogP contribution in [0.5, 0.6) is 0 Å². The highest BCUT2D eigenvalue weighted by Crippen LogP contribution is 2.50. The van der Waals surface area contributed by atoms with Gasteiger partial charge in [0.1, 0.15) is 42.8 Å². The average Bonchev–Trinajstić information content (AvgIpc) is 3.50. The fourth-order valence-corrected chi connectivity index (χ4v) is 4.35. The number of anilines is 1. The lowest BCUT2D eigenvalue weighted by molar-refractivity contribution is -0.209. The first-order chi connectivity index (χ1) is 15.2. The Morgan fingerprint density at radius 1 is 1.38 bits per heavy atom. The lowest BCUT2D eigenvalue weighted by Crippen LogP contribution is -2.47. The Morgan fingerprint density at radius 2 is 2.19 bits per heavy atom. The van der Waals surface area contributed by atoms with Gasteiger partial charge in [-0.25, -0.2) is 14.3 Å². The number of rotatable bonds is 4. The molecule has 12 heteroatoms. The number of nitrogens with zero attached hydrogens (tertiary/aromatic N) is 4. The molecule has 0 aromatic carbocycles. The van der Waals surface area contributed by atoms with Crippen LogP contribution in [0.1, 0.15) is 38.5 Å². The van der Waals surface area contributed by atoms with Crippen molar-refractivity contribution < 1.29 is 33.3 Å². The monoisotopic (exact) mass is 443 g/mol. The molecule has 168 valence electrons. The van der Waals surface area contributed by atoms with E-state index in [-0.39, 0.29) is 18.7 Å². The molecule has 2 aromatic rings. The second-order valence-corrected chi connectivity index (χ2v) is 8.39. The molecule has 0 saturated carbocycles. The van der Waals surface area contributed by atoms with Crippen molar-refractivity contribution in [3.63, 3.8) is 0 Å². The standard InChI is InChI=1S/C20H21N5O7/c1-19(2)30-15-14(10-3-4-11-17(22)23-9-24-25(10)11)31-20(7-21,16(15)32-19)8-28-18(27)12-5-6-13(26)29-12/h3-4,9,12,14-16H,5-6,8H2,1-2H3,(H2,22,23,24)/t12-,14+,15+,16+,20-/m1/s1. The van der Waals surface area contributed by atoms with Crippen molar-refractivity contribution in [3.05, 3.63) is 24.2 Å². The maximum absolute atomic E-state index is 12.4. The summed E-state index contributed by atoms with van der Waals surface area (Å²) in [4.78, 5) is 27.7. The Morgan fingerprint density at radius 3 is 2.91 bits per heavy atom. The zero-order valence-electron chi connectivity index (χ0n) is 17.4. The third-order valence-corrected chi connectivity index (χ3v) is 5.79. The molecular weight excluding hydrogens is 422 g/mol. The molecule has 3 aliphatic rings. The summed E-state index contributed by atoms with van der Waals surface area (Å²) in [6.07, 6.45) is -1.59. The largest absolute Gasteiger partial charge is 0.459 e. The summed E-state index contributed by atoms with van der Waals surface area (Å²) in [5.41, 5.74) is 5.44. The van der Waals surface area contributed by atoms with Crippen molar-refractivity contribution in [1.82, 2.24) is 14.6 Å². The van der Waals surface area contributed by atoms with E-state index in [9.17, 15) is 14.9 Å². The van der Waals surface area contributed by atoms with E-state index in [4.69, 9.17) is 29.4 Å². The molecule has 0 aliphatic carbocycles. The summed E-state index contributed by atoms with van der Waals surface area (Å²) >= 11 is 0. The highest BCUT2D eigenvalue weighted by Gasteiger charge is 2.65. The van der Waals surface area contributed by atoms with Crippen LogP contribution in [0.3, 0.4) is 0 Å². The van der Waals surface area contributed by atoms with Crippen molar-refractivity contribution in [1.29, 1.82) is 5.26 Å². The summed E-state index contributed by atoms with van der Waals surface area (Å²) in [6.45, 7) is 3.03. The van der Waals surface area contributed by atoms with Gasteiger partial charge in [0.15, 0.2) is 17.7 Å². The molecule has 5 heterocycles. The smallest absolute Gasteiger partial charge is 0.347 e. The van der Waals surface area contributed by atoms with Gasteiger partial charge in [-0.1, -0.05) is 0 Å². The number of hydrogen-bond acceptors (Lipinski definition) is 11. The van der Waals surface area contributed by atoms with Gasteiger partial charge in [-0.3, -0.25) is 4.79 Å². The van der Waals surface area contributed by atoms with E-state index < -0.39 is 54.3 Å². The predicted octanol–water partition coefficient (Wildman–Crippen LogP) is 0.414. The van der Waals surface area contributed by atoms with Crippen LogP contribution < -0.4 is 5.73 Å². The molecule has 32 heavy (non-hydrogen) atoms. The van der Waals surface area contributed by atoms with E-state index in [1.807, 2.05) is 0 Å². The fourth-order valence-electron chi connectivity index (χ4n) is 4.35. The molecule has 5 atom stereocenters. The van der Waals surface area contributed by atoms with Crippen LogP contribution in [0.4, 0.5) is 5.82 Å². The van der Waals surface area contributed by atoms with Gasteiger partial charge in [0.05, 0.1) is 5.69 Å². The minimum atomic E-state index is -1.65. The summed E-state index contributed by atoms with van der Waals surface area (Å²) in [5.74, 6) is -1.90. The third-order valence-electron chi connectivity index (χ3n) is 5.79. The first-order valence-electron chi connectivity index (χ1n) is 10.1. The van der Waals surface area contributed by atoms with Gasteiger partial charge in [0, 0.05) is 12.8 Å². The SMILES string of the molecule is CC1(C)O[C@H]2[C@H](c3ccc4c(N)ncnn34)O[C@](C#N)(COC(=O)[C@H]3CCC(=O)O3)[C@H]2O1. The van der Waals surface area contributed by atoms with Gasteiger partial charge >= 0.3 is 11.9 Å². The molecule has 0 radical (unpaired) electrons. The van der Waals surface area contributed by atoms with Gasteiger partial charge in [-0.15, -0.1) is 0 Å². The van der Waals surface area contributed by atoms with Crippen molar-refractivity contribution >= 4 is 23.3 Å². The molecule has 5 rings (SSSR count). The van der Waals surface area contributed by atoms with Crippen LogP contribution in [0, 0.1) is 11.3 Å². The average molecular weight is 443 g/mol. The van der Waals surface area contributed by atoms with Gasteiger partial charge < -0.3 is 29.4 Å². The van der Waals surface area contributed by atoms with Crippen molar-refractivity contribution in [3.8, 4) is 6.07 Å². The van der Waals surface area contributed by atoms with E-state index in [1.165, 1.54) is 6.33 Å². The molecule has 0 unspecified atom stereocenters. The molecule has 12 nitrogen and oxygen atoms in total. The summed E-state index contributed by atoms with van der Waals surface area (Å²) in [7, 11) is 0. The second-order valence-electron chi connectivity index (χ2n) is 8.39. The molecule has 2 N–H and O–H groups in total. The first kappa shape index (κ1) is 20.6. The number of esters is 2. The van der Waals surface area contributed by atoms with Gasteiger partial charge in [-0.2, -0.15) is 10.4 Å². The van der Waals surface area contributed by atoms with Crippen LogP contribution in [0.25, 0.3) is 5.52 Å². The number of carbonyl (C=O) groups excluding carboxylic acids is 2. The van der Waals surface area contributed by atoms with Gasteiger partial charge in [-0.05, 0) is 26.0 Å². The van der Waals surface area contributed by atoms with Crippen molar-refractivity contribution in [2.45, 2.75) is 62.5 Å². The molecule has 0 spiro atoms. The lowest BCUT2D eigenvalue weighted by Gasteiger charge is -2.29.